The summed E-state index contributed by atoms with van der Waals surface area (Å²) in [6.45, 7) is 0.692. The largest absolute Gasteiger partial charge is 0.396 e. The van der Waals surface area contributed by atoms with E-state index < -0.39 is 5.82 Å². The zero-order valence-electron chi connectivity index (χ0n) is 8.95. The summed E-state index contributed by atoms with van der Waals surface area (Å²) in [5, 5.41) is 11.2. The number of pyridine rings is 1. The summed E-state index contributed by atoms with van der Waals surface area (Å²) >= 11 is 0. The van der Waals surface area contributed by atoms with Crippen LogP contribution in [-0.4, -0.2) is 29.1 Å². The number of hydrogen-bond donors (Lipinski definition) is 2. The number of aliphatic hydroxyl groups excluding tert-OH is 1. The Morgan fingerprint density at radius 2 is 2.19 bits per heavy atom. The third-order valence-electron chi connectivity index (χ3n) is 2.09. The number of nitrogens with one attached hydrogen (secondary N) is 1. The van der Waals surface area contributed by atoms with Crippen molar-refractivity contribution in [3.05, 3.63) is 29.8 Å². The normalized spacial score (nSPS) is 10.1. The highest BCUT2D eigenvalue weighted by atomic mass is 19.1. The molecule has 1 amide bonds. The van der Waals surface area contributed by atoms with Crippen LogP contribution in [0.2, 0.25) is 0 Å². The van der Waals surface area contributed by atoms with Crippen molar-refractivity contribution in [3.63, 3.8) is 0 Å². The molecule has 0 aliphatic rings. The van der Waals surface area contributed by atoms with Gasteiger partial charge in [-0.15, -0.1) is 0 Å². The predicted molar refractivity (Wildman–Crippen MR) is 57.5 cm³/mol. The quantitative estimate of drug-likeness (QED) is 0.714. The number of nitrogens with zero attached hydrogens (tertiary/aromatic N) is 1. The van der Waals surface area contributed by atoms with Gasteiger partial charge in [-0.2, -0.15) is 0 Å². The van der Waals surface area contributed by atoms with Crippen molar-refractivity contribution in [2.45, 2.75) is 19.3 Å². The van der Waals surface area contributed by atoms with Gasteiger partial charge in [0.1, 0.15) is 5.82 Å². The fourth-order valence-corrected chi connectivity index (χ4v) is 1.25. The summed E-state index contributed by atoms with van der Waals surface area (Å²) in [6, 6.07) is 1.15. The number of carbonyl (C=O) groups excluding carboxylic acids is 1. The molecule has 0 aliphatic carbocycles. The predicted octanol–water partition coefficient (Wildman–Crippen LogP) is 1.11. The molecule has 1 aromatic rings. The minimum atomic E-state index is -0.520. The molecule has 1 rings (SSSR count). The molecule has 0 aliphatic heterocycles. The van der Waals surface area contributed by atoms with Gasteiger partial charge in [0.2, 0.25) is 0 Å². The van der Waals surface area contributed by atoms with Crippen LogP contribution in [-0.2, 0) is 0 Å². The van der Waals surface area contributed by atoms with Gasteiger partial charge < -0.3 is 10.4 Å². The number of rotatable bonds is 6. The van der Waals surface area contributed by atoms with Gasteiger partial charge in [0.05, 0.1) is 11.8 Å². The first-order chi connectivity index (χ1) is 7.74. The molecule has 0 unspecified atom stereocenters. The van der Waals surface area contributed by atoms with Crippen molar-refractivity contribution < 1.29 is 14.3 Å². The Labute approximate surface area is 93.5 Å². The van der Waals surface area contributed by atoms with Gasteiger partial charge in [0.15, 0.2) is 0 Å². The standard InChI is InChI=1S/C11H15FN2O2/c12-10-6-9(7-13-8-10)11(16)14-4-2-1-3-5-15/h6-8,15H,1-5H2,(H,14,16). The van der Waals surface area contributed by atoms with E-state index >= 15 is 0 Å². The number of aromatic nitrogens is 1. The van der Waals surface area contributed by atoms with Gasteiger partial charge in [-0.3, -0.25) is 9.78 Å². The molecule has 2 N–H and O–H groups in total. The summed E-state index contributed by atoms with van der Waals surface area (Å²) in [6.07, 6.45) is 4.77. The van der Waals surface area contributed by atoms with Crippen molar-refractivity contribution in [1.29, 1.82) is 0 Å². The van der Waals surface area contributed by atoms with Crippen LogP contribution in [0.25, 0.3) is 0 Å². The van der Waals surface area contributed by atoms with Gasteiger partial charge >= 0.3 is 0 Å². The molecular formula is C11H15FN2O2. The molecule has 0 bridgehead atoms. The van der Waals surface area contributed by atoms with Crippen LogP contribution in [0.5, 0.6) is 0 Å². The second-order valence-corrected chi connectivity index (χ2v) is 3.43. The van der Waals surface area contributed by atoms with Gasteiger partial charge in [0, 0.05) is 19.3 Å². The van der Waals surface area contributed by atoms with Crippen LogP contribution in [0, 0.1) is 5.82 Å². The highest BCUT2D eigenvalue weighted by Crippen LogP contribution is 2.00. The van der Waals surface area contributed by atoms with E-state index in [1.165, 1.54) is 6.20 Å². The highest BCUT2D eigenvalue weighted by molar-refractivity contribution is 5.93. The van der Waals surface area contributed by atoms with Crippen molar-refractivity contribution in [3.8, 4) is 0 Å². The van der Waals surface area contributed by atoms with Gasteiger partial charge in [0.25, 0.3) is 5.91 Å². The first kappa shape index (κ1) is 12.6. The van der Waals surface area contributed by atoms with Crippen LogP contribution in [0.4, 0.5) is 4.39 Å². The third kappa shape index (κ3) is 4.35. The number of halogens is 1. The average molecular weight is 226 g/mol. The Hall–Kier alpha value is -1.49. The van der Waals surface area contributed by atoms with Crippen molar-refractivity contribution >= 4 is 5.91 Å². The summed E-state index contributed by atoms with van der Waals surface area (Å²) in [4.78, 5) is 15.1. The molecule has 0 radical (unpaired) electrons. The van der Waals surface area contributed by atoms with Crippen LogP contribution in [0.3, 0.4) is 0 Å². The van der Waals surface area contributed by atoms with Crippen LogP contribution < -0.4 is 5.32 Å². The minimum Gasteiger partial charge on any atom is -0.396 e. The lowest BCUT2D eigenvalue weighted by atomic mass is 10.2. The van der Waals surface area contributed by atoms with E-state index in [0.29, 0.717) is 6.54 Å². The summed E-state index contributed by atoms with van der Waals surface area (Å²) in [7, 11) is 0. The Bertz CT molecular complexity index is 345. The Morgan fingerprint density at radius 1 is 1.38 bits per heavy atom. The highest BCUT2D eigenvalue weighted by Gasteiger charge is 2.05. The van der Waals surface area contributed by atoms with Gasteiger partial charge in [-0.25, -0.2) is 4.39 Å². The Morgan fingerprint density at radius 3 is 2.88 bits per heavy atom. The smallest absolute Gasteiger partial charge is 0.252 e. The summed E-state index contributed by atoms with van der Waals surface area (Å²) in [5.74, 6) is -0.844. The van der Waals surface area contributed by atoms with E-state index in [1.807, 2.05) is 0 Å². The molecule has 0 saturated heterocycles. The molecule has 1 aromatic heterocycles. The van der Waals surface area contributed by atoms with Crippen LogP contribution >= 0.6 is 0 Å². The zero-order chi connectivity index (χ0) is 11.8. The monoisotopic (exact) mass is 226 g/mol. The van der Waals surface area contributed by atoms with E-state index in [9.17, 15) is 9.18 Å². The number of carbonyl (C=O) groups is 1. The molecule has 0 saturated carbocycles. The fourth-order valence-electron chi connectivity index (χ4n) is 1.25. The van der Waals surface area contributed by atoms with Crippen molar-refractivity contribution in [2.75, 3.05) is 13.2 Å². The molecule has 4 nitrogen and oxygen atoms in total. The number of aliphatic hydroxyl groups is 1. The number of unbranched alkanes of at least 4 members (excludes halogenated alkanes) is 2. The van der Waals surface area contributed by atoms with E-state index in [-0.39, 0.29) is 18.1 Å². The molecule has 0 aromatic carbocycles. The van der Waals surface area contributed by atoms with Crippen molar-refractivity contribution in [2.24, 2.45) is 0 Å². The average Bonchev–Trinajstić information content (AvgIpc) is 2.28. The molecule has 5 heteroatoms. The molecule has 1 heterocycles. The summed E-state index contributed by atoms with van der Waals surface area (Å²) in [5.41, 5.74) is 0.224. The molecule has 0 fully saturated rings. The first-order valence-electron chi connectivity index (χ1n) is 5.23. The van der Waals surface area contributed by atoms with E-state index in [2.05, 4.69) is 10.3 Å². The van der Waals surface area contributed by atoms with E-state index in [0.717, 1.165) is 31.5 Å². The maximum Gasteiger partial charge on any atom is 0.252 e. The first-order valence-corrected chi connectivity index (χ1v) is 5.23. The lowest BCUT2D eigenvalue weighted by molar-refractivity contribution is 0.0952. The Kier molecular flexibility index (Phi) is 5.42. The zero-order valence-corrected chi connectivity index (χ0v) is 8.95. The molecule has 16 heavy (non-hydrogen) atoms. The van der Waals surface area contributed by atoms with Crippen LogP contribution in [0.15, 0.2) is 18.5 Å². The fraction of sp³-hybridized carbons (Fsp3) is 0.455. The maximum atomic E-state index is 12.7. The SMILES string of the molecule is O=C(NCCCCCO)c1cncc(F)c1. The molecular weight excluding hydrogens is 211 g/mol. The second kappa shape index (κ2) is 6.90. The topological polar surface area (TPSA) is 62.2 Å². The second-order valence-electron chi connectivity index (χ2n) is 3.43. The molecule has 0 spiro atoms. The molecule has 88 valence electrons. The maximum absolute atomic E-state index is 12.7. The lowest BCUT2D eigenvalue weighted by Crippen LogP contribution is -2.24. The van der Waals surface area contributed by atoms with E-state index in [1.54, 1.807) is 0 Å². The Balaban J connectivity index is 2.30. The minimum absolute atomic E-state index is 0.168. The van der Waals surface area contributed by atoms with Crippen molar-refractivity contribution in [1.82, 2.24) is 10.3 Å². The summed E-state index contributed by atoms with van der Waals surface area (Å²) < 4.78 is 12.7. The number of amides is 1. The van der Waals surface area contributed by atoms with Gasteiger partial charge in [-0.05, 0) is 25.3 Å². The van der Waals surface area contributed by atoms with Crippen LogP contribution in [0.1, 0.15) is 29.6 Å². The third-order valence-corrected chi connectivity index (χ3v) is 2.09. The lowest BCUT2D eigenvalue weighted by Gasteiger charge is -2.04. The number of hydrogen-bond acceptors (Lipinski definition) is 3. The van der Waals surface area contributed by atoms with Gasteiger partial charge in [-0.1, -0.05) is 0 Å². The van der Waals surface area contributed by atoms with E-state index in [4.69, 9.17) is 5.11 Å². The molecule has 0 atom stereocenters.